The quantitative estimate of drug-likeness (QED) is 0.508. The molecule has 0 radical (unpaired) electrons. The van der Waals surface area contributed by atoms with Crippen LogP contribution in [0.3, 0.4) is 0 Å². The maximum Gasteiger partial charge on any atom is 0.259 e. The number of nitrogens with zero attached hydrogens (tertiary/aromatic N) is 3. The van der Waals surface area contributed by atoms with E-state index in [4.69, 9.17) is 21.1 Å². The van der Waals surface area contributed by atoms with Crippen molar-refractivity contribution in [1.29, 1.82) is 0 Å². The average molecular weight is 468 g/mol. The standard InChI is InChI=1S/C26H30ClN3O3/c1-17-6-8-29(9-7-17)10-11-33-24-14-20(4-5-23(24)32-3)30-16-22-21(26(30)31)13-18-12-19(27)15-28(2)25(18)22/h4-5,12-15,17H,6-11,16H2,1-3H3. The molecule has 3 heterocycles. The van der Waals surface area contributed by atoms with Gasteiger partial charge in [-0.3, -0.25) is 9.69 Å². The zero-order valence-corrected chi connectivity index (χ0v) is 20.2. The molecule has 1 saturated heterocycles. The van der Waals surface area contributed by atoms with Gasteiger partial charge in [0, 0.05) is 48.2 Å². The van der Waals surface area contributed by atoms with Crippen molar-refractivity contribution in [3.05, 3.63) is 52.7 Å². The minimum atomic E-state index is -0.00382. The molecular weight excluding hydrogens is 438 g/mol. The number of hydrogen-bond donors (Lipinski definition) is 0. The molecule has 0 bridgehead atoms. The zero-order chi connectivity index (χ0) is 23.1. The molecule has 0 aromatic heterocycles. The van der Waals surface area contributed by atoms with Crippen LogP contribution in [0, 0.1) is 5.92 Å². The molecule has 7 heteroatoms. The Morgan fingerprint density at radius 2 is 1.91 bits per heavy atom. The van der Waals surface area contributed by atoms with Gasteiger partial charge in [0.15, 0.2) is 11.5 Å². The summed E-state index contributed by atoms with van der Waals surface area (Å²) in [6, 6.07) is 9.57. The Bertz CT molecular complexity index is 1150. The van der Waals surface area contributed by atoms with Crippen molar-refractivity contribution < 1.29 is 14.3 Å². The second-order valence-corrected chi connectivity index (χ2v) is 9.65. The summed E-state index contributed by atoms with van der Waals surface area (Å²) >= 11 is 6.21. The molecule has 5 rings (SSSR count). The molecule has 1 amide bonds. The maximum absolute atomic E-state index is 13.3. The lowest BCUT2D eigenvalue weighted by Gasteiger charge is -2.30. The van der Waals surface area contributed by atoms with Crippen LogP contribution in [0.25, 0.3) is 11.3 Å². The molecule has 0 atom stereocenters. The van der Waals surface area contributed by atoms with Crippen molar-refractivity contribution in [1.82, 2.24) is 9.47 Å². The number of pyridine rings is 1. The number of carbonyl (C=O) groups is 1. The molecule has 33 heavy (non-hydrogen) atoms. The lowest BCUT2D eigenvalue weighted by atomic mass is 9.99. The van der Waals surface area contributed by atoms with Gasteiger partial charge < -0.3 is 18.9 Å². The lowest BCUT2D eigenvalue weighted by Crippen LogP contribution is -2.35. The average Bonchev–Trinajstić information content (AvgIpc) is 3.31. The highest BCUT2D eigenvalue weighted by atomic mass is 35.5. The van der Waals surface area contributed by atoms with Crippen LogP contribution < -0.4 is 14.4 Å². The molecule has 174 valence electrons. The monoisotopic (exact) mass is 467 g/mol. The van der Waals surface area contributed by atoms with E-state index in [2.05, 4.69) is 11.8 Å². The van der Waals surface area contributed by atoms with Crippen LogP contribution in [0.2, 0.25) is 5.02 Å². The molecule has 0 spiro atoms. The number of likely N-dealkylation sites (tertiary alicyclic amines) is 1. The largest absolute Gasteiger partial charge is 0.493 e. The Morgan fingerprint density at radius 3 is 2.67 bits per heavy atom. The number of piperidine rings is 1. The topological polar surface area (TPSA) is 46.9 Å². The van der Waals surface area contributed by atoms with Crippen molar-refractivity contribution in [2.24, 2.45) is 13.0 Å². The second kappa shape index (κ2) is 8.92. The summed E-state index contributed by atoms with van der Waals surface area (Å²) in [5.74, 6) is 2.16. The third kappa shape index (κ3) is 4.18. The summed E-state index contributed by atoms with van der Waals surface area (Å²) in [6.07, 6.45) is 4.37. The molecule has 1 fully saturated rings. The molecule has 4 aliphatic rings. The third-order valence-corrected chi connectivity index (χ3v) is 7.15. The van der Waals surface area contributed by atoms with E-state index in [1.807, 2.05) is 48.1 Å². The fourth-order valence-corrected chi connectivity index (χ4v) is 5.29. The van der Waals surface area contributed by atoms with Crippen LogP contribution in [0.1, 0.15) is 35.7 Å². The predicted octanol–water partition coefficient (Wildman–Crippen LogP) is 5.06. The summed E-state index contributed by atoms with van der Waals surface area (Å²) in [5.41, 5.74) is 4.62. The van der Waals surface area contributed by atoms with Gasteiger partial charge >= 0.3 is 0 Å². The first kappa shape index (κ1) is 22.1. The van der Waals surface area contributed by atoms with Gasteiger partial charge in [0.05, 0.1) is 24.4 Å². The molecule has 1 aliphatic carbocycles. The number of aromatic nitrogens is 1. The van der Waals surface area contributed by atoms with E-state index in [1.165, 1.54) is 12.8 Å². The number of carbonyl (C=O) groups excluding carboxylic acids is 1. The second-order valence-electron chi connectivity index (χ2n) is 9.21. The number of benzene rings is 1. The summed E-state index contributed by atoms with van der Waals surface area (Å²) < 4.78 is 13.6. The molecule has 0 N–H and O–H groups in total. The molecule has 6 nitrogen and oxygen atoms in total. The highest BCUT2D eigenvalue weighted by Gasteiger charge is 2.34. The van der Waals surface area contributed by atoms with Gasteiger partial charge in [-0.05, 0) is 56.1 Å². The minimum absolute atomic E-state index is 0.00382. The first-order valence-electron chi connectivity index (χ1n) is 11.6. The number of ether oxygens (including phenoxy) is 2. The smallest absolute Gasteiger partial charge is 0.259 e. The Labute approximate surface area is 200 Å². The van der Waals surface area contributed by atoms with Crippen molar-refractivity contribution in [2.45, 2.75) is 26.3 Å². The number of anilines is 1. The summed E-state index contributed by atoms with van der Waals surface area (Å²) in [4.78, 5) is 17.5. The molecule has 3 aliphatic heterocycles. The first-order chi connectivity index (χ1) is 15.9. The van der Waals surface area contributed by atoms with Crippen LogP contribution in [0.5, 0.6) is 11.5 Å². The van der Waals surface area contributed by atoms with Gasteiger partial charge in [0.2, 0.25) is 0 Å². The summed E-state index contributed by atoms with van der Waals surface area (Å²) in [5, 5.41) is 0.661. The molecule has 0 unspecified atom stereocenters. The van der Waals surface area contributed by atoms with Gasteiger partial charge in [-0.1, -0.05) is 18.5 Å². The molecule has 1 aromatic carbocycles. The van der Waals surface area contributed by atoms with Gasteiger partial charge in [-0.25, -0.2) is 0 Å². The number of hydrogen-bond acceptors (Lipinski definition) is 4. The van der Waals surface area contributed by atoms with Crippen LogP contribution in [0.15, 0.2) is 36.5 Å². The van der Waals surface area contributed by atoms with Crippen molar-refractivity contribution >= 4 is 23.2 Å². The van der Waals surface area contributed by atoms with E-state index in [0.29, 0.717) is 29.7 Å². The first-order valence-corrected chi connectivity index (χ1v) is 11.9. The minimum Gasteiger partial charge on any atom is -0.493 e. The predicted molar refractivity (Wildman–Crippen MR) is 131 cm³/mol. The van der Waals surface area contributed by atoms with Gasteiger partial charge in [-0.15, -0.1) is 0 Å². The highest BCUT2D eigenvalue weighted by molar-refractivity contribution is 6.31. The maximum atomic E-state index is 13.3. The Morgan fingerprint density at radius 1 is 1.12 bits per heavy atom. The van der Waals surface area contributed by atoms with E-state index in [9.17, 15) is 4.79 Å². The Kier molecular flexibility index (Phi) is 5.97. The van der Waals surface area contributed by atoms with E-state index in [-0.39, 0.29) is 5.91 Å². The van der Waals surface area contributed by atoms with Gasteiger partial charge in [-0.2, -0.15) is 0 Å². The Hall–Kier alpha value is -2.70. The number of methoxy groups -OCH3 is 1. The van der Waals surface area contributed by atoms with E-state index in [0.717, 1.165) is 53.6 Å². The highest BCUT2D eigenvalue weighted by Crippen LogP contribution is 2.41. The fourth-order valence-electron chi connectivity index (χ4n) is 5.03. The number of halogens is 1. The van der Waals surface area contributed by atoms with Crippen molar-refractivity contribution in [3.8, 4) is 22.8 Å². The third-order valence-electron chi connectivity index (χ3n) is 6.94. The summed E-state index contributed by atoms with van der Waals surface area (Å²) in [7, 11) is 3.60. The lowest BCUT2D eigenvalue weighted by molar-refractivity contribution is 0.0996. The molecule has 1 aromatic rings. The number of fused-ring (bicyclic) bond motifs is 3. The molecule has 0 saturated carbocycles. The molecular formula is C26H30ClN3O3. The number of rotatable bonds is 6. The Balaban J connectivity index is 1.34. The SMILES string of the molecule is COc1ccc(N2Cc3c(cc4cc(Cl)cn(C)c3-4)C2=O)cc1OCCN1CCC(C)CC1. The van der Waals surface area contributed by atoms with Crippen LogP contribution in [-0.4, -0.2) is 48.7 Å². The zero-order valence-electron chi connectivity index (χ0n) is 19.4. The van der Waals surface area contributed by atoms with Gasteiger partial charge in [0.1, 0.15) is 6.61 Å². The van der Waals surface area contributed by atoms with E-state index < -0.39 is 0 Å². The van der Waals surface area contributed by atoms with E-state index >= 15 is 0 Å². The van der Waals surface area contributed by atoms with Gasteiger partial charge in [0.25, 0.3) is 5.91 Å². The fraction of sp³-hybridized carbons (Fsp3) is 0.423. The van der Waals surface area contributed by atoms with Crippen molar-refractivity contribution in [2.75, 3.05) is 38.3 Å². The normalized spacial score (nSPS) is 17.1. The van der Waals surface area contributed by atoms with Crippen LogP contribution >= 0.6 is 11.6 Å². The van der Waals surface area contributed by atoms with Crippen LogP contribution in [-0.2, 0) is 13.6 Å². The van der Waals surface area contributed by atoms with Crippen LogP contribution in [0.4, 0.5) is 5.69 Å². The summed E-state index contributed by atoms with van der Waals surface area (Å²) in [6.45, 7) is 6.58. The number of aryl methyl sites for hydroxylation is 1. The van der Waals surface area contributed by atoms with E-state index in [1.54, 1.807) is 12.0 Å². The van der Waals surface area contributed by atoms with Crippen molar-refractivity contribution in [3.63, 3.8) is 0 Å². The number of amides is 1.